The van der Waals surface area contributed by atoms with Gasteiger partial charge >= 0.3 is 0 Å². The van der Waals surface area contributed by atoms with E-state index in [1.165, 1.54) is 92.2 Å². The molecular formula is C38H20S4. The lowest BCUT2D eigenvalue weighted by Gasteiger charge is -2.04. The van der Waals surface area contributed by atoms with Crippen molar-refractivity contribution in [1.82, 2.24) is 0 Å². The molecule has 4 heteroatoms. The van der Waals surface area contributed by atoms with E-state index in [0.29, 0.717) is 0 Å². The molecule has 6 aromatic carbocycles. The van der Waals surface area contributed by atoms with Gasteiger partial charge in [-0.3, -0.25) is 0 Å². The zero-order valence-electron chi connectivity index (χ0n) is 22.2. The van der Waals surface area contributed by atoms with E-state index >= 15 is 0 Å². The molecule has 0 nitrogen and oxygen atoms in total. The maximum atomic E-state index is 2.39. The highest BCUT2D eigenvalue weighted by Crippen LogP contribution is 2.47. The molecule has 0 saturated heterocycles. The van der Waals surface area contributed by atoms with Crippen LogP contribution in [0.5, 0.6) is 0 Å². The molecule has 0 amide bonds. The van der Waals surface area contributed by atoms with E-state index in [1.54, 1.807) is 0 Å². The number of hydrogen-bond donors (Lipinski definition) is 0. The van der Waals surface area contributed by atoms with E-state index in [2.05, 4.69) is 121 Å². The first-order valence-electron chi connectivity index (χ1n) is 14.0. The standard InChI is InChI=1S/C38H20S4/c1-3-7-31-25(5-1)29-17-21(11-15-33(29)39-31)23-9-13-27-35(19-23)41-38-28-14-10-24(20-36(28)42-37(27)38)22-12-16-34-30(18-22)26-6-2-4-8-32(26)40-34/h1-20H. The fourth-order valence-corrected chi connectivity index (χ4v) is 11.3. The molecule has 0 radical (unpaired) electrons. The highest BCUT2D eigenvalue weighted by Gasteiger charge is 2.15. The topological polar surface area (TPSA) is 0 Å². The Hall–Kier alpha value is -4.06. The normalized spacial score (nSPS) is 12.3. The highest BCUT2D eigenvalue weighted by atomic mass is 32.1. The van der Waals surface area contributed by atoms with E-state index in [-0.39, 0.29) is 0 Å². The van der Waals surface area contributed by atoms with Crippen LogP contribution in [0.25, 0.3) is 92.2 Å². The molecule has 10 rings (SSSR count). The molecule has 0 spiro atoms. The molecule has 0 N–H and O–H groups in total. The maximum Gasteiger partial charge on any atom is 0.0542 e. The van der Waals surface area contributed by atoms with Crippen molar-refractivity contribution in [2.24, 2.45) is 0 Å². The third kappa shape index (κ3) is 3.38. The van der Waals surface area contributed by atoms with Gasteiger partial charge in [0, 0.05) is 60.5 Å². The molecule has 0 aliphatic heterocycles. The van der Waals surface area contributed by atoms with Crippen LogP contribution in [0.15, 0.2) is 121 Å². The Kier molecular flexibility index (Phi) is 4.88. The monoisotopic (exact) mass is 604 g/mol. The zero-order valence-corrected chi connectivity index (χ0v) is 25.4. The third-order valence-corrected chi connectivity index (χ3v) is 13.3. The van der Waals surface area contributed by atoms with Crippen LogP contribution in [0.4, 0.5) is 0 Å². The summed E-state index contributed by atoms with van der Waals surface area (Å²) in [5.41, 5.74) is 5.15. The second kappa shape index (κ2) is 8.73. The average molecular weight is 605 g/mol. The molecule has 4 aromatic heterocycles. The Labute approximate surface area is 257 Å². The lowest BCUT2D eigenvalue weighted by atomic mass is 10.0. The van der Waals surface area contributed by atoms with Crippen LogP contribution in [0.2, 0.25) is 0 Å². The molecule has 42 heavy (non-hydrogen) atoms. The minimum atomic E-state index is 1.29. The molecule has 0 unspecified atom stereocenters. The lowest BCUT2D eigenvalue weighted by molar-refractivity contribution is 1.73. The predicted octanol–water partition coefficient (Wildman–Crippen LogP) is 13.3. The highest BCUT2D eigenvalue weighted by molar-refractivity contribution is 7.36. The molecule has 0 atom stereocenters. The first-order chi connectivity index (χ1) is 20.8. The summed E-state index contributed by atoms with van der Waals surface area (Å²) < 4.78 is 11.0. The molecule has 0 aliphatic carbocycles. The summed E-state index contributed by atoms with van der Waals surface area (Å²) in [7, 11) is 0. The molecule has 0 fully saturated rings. The van der Waals surface area contributed by atoms with Gasteiger partial charge in [-0.1, -0.05) is 72.8 Å². The van der Waals surface area contributed by atoms with Gasteiger partial charge in [-0.15, -0.1) is 45.3 Å². The van der Waals surface area contributed by atoms with Crippen LogP contribution in [0.3, 0.4) is 0 Å². The quantitative estimate of drug-likeness (QED) is 0.184. The minimum absolute atomic E-state index is 1.29. The summed E-state index contributed by atoms with van der Waals surface area (Å²) in [5.74, 6) is 0. The Bertz CT molecular complexity index is 2500. The number of benzene rings is 6. The number of fused-ring (bicyclic) bond motifs is 11. The second-order valence-electron chi connectivity index (χ2n) is 10.9. The van der Waals surface area contributed by atoms with Crippen LogP contribution in [0.1, 0.15) is 0 Å². The van der Waals surface area contributed by atoms with Crippen molar-refractivity contribution in [2.75, 3.05) is 0 Å². The van der Waals surface area contributed by atoms with Crippen LogP contribution < -0.4 is 0 Å². The minimum Gasteiger partial charge on any atom is -0.135 e. The van der Waals surface area contributed by atoms with E-state index in [9.17, 15) is 0 Å². The van der Waals surface area contributed by atoms with E-state index < -0.39 is 0 Å². The molecule has 196 valence electrons. The van der Waals surface area contributed by atoms with Gasteiger partial charge in [-0.25, -0.2) is 0 Å². The van der Waals surface area contributed by atoms with Crippen molar-refractivity contribution in [3.05, 3.63) is 121 Å². The number of rotatable bonds is 2. The van der Waals surface area contributed by atoms with Crippen LogP contribution in [-0.2, 0) is 0 Å². The van der Waals surface area contributed by atoms with E-state index in [1.807, 2.05) is 45.3 Å². The van der Waals surface area contributed by atoms with Crippen molar-refractivity contribution in [1.29, 1.82) is 0 Å². The summed E-state index contributed by atoms with van der Waals surface area (Å²) in [6.45, 7) is 0. The summed E-state index contributed by atoms with van der Waals surface area (Å²) in [6, 6.07) is 45.4. The summed E-state index contributed by atoms with van der Waals surface area (Å²) in [5, 5.41) is 8.16. The van der Waals surface area contributed by atoms with Crippen molar-refractivity contribution < 1.29 is 0 Å². The smallest absolute Gasteiger partial charge is 0.0542 e. The first kappa shape index (κ1) is 23.5. The van der Waals surface area contributed by atoms with Crippen molar-refractivity contribution in [3.8, 4) is 22.3 Å². The van der Waals surface area contributed by atoms with Gasteiger partial charge in [0.25, 0.3) is 0 Å². The van der Waals surface area contributed by atoms with Gasteiger partial charge in [0.1, 0.15) is 0 Å². The third-order valence-electron chi connectivity index (χ3n) is 8.50. The molecular weight excluding hydrogens is 585 g/mol. The zero-order chi connectivity index (χ0) is 27.4. The molecule has 0 saturated carbocycles. The van der Waals surface area contributed by atoms with E-state index in [0.717, 1.165) is 0 Å². The fourth-order valence-electron chi connectivity index (χ4n) is 6.43. The number of hydrogen-bond acceptors (Lipinski definition) is 4. The second-order valence-corrected chi connectivity index (χ2v) is 15.2. The largest absolute Gasteiger partial charge is 0.135 e. The molecule has 10 aromatic rings. The fraction of sp³-hybridized carbons (Fsp3) is 0. The molecule has 0 aliphatic rings. The molecule has 4 heterocycles. The van der Waals surface area contributed by atoms with Gasteiger partial charge < -0.3 is 0 Å². The summed E-state index contributed by atoms with van der Waals surface area (Å²) >= 11 is 7.62. The lowest BCUT2D eigenvalue weighted by Crippen LogP contribution is -1.77. The maximum absolute atomic E-state index is 2.39. The summed E-state index contributed by atoms with van der Waals surface area (Å²) in [6.07, 6.45) is 0. The Morgan fingerprint density at radius 3 is 1.17 bits per heavy atom. The molecule has 0 bridgehead atoms. The summed E-state index contributed by atoms with van der Waals surface area (Å²) in [4.78, 5) is 0. The van der Waals surface area contributed by atoms with Gasteiger partial charge in [0.05, 0.1) is 9.40 Å². The van der Waals surface area contributed by atoms with Gasteiger partial charge in [-0.05, 0) is 70.8 Å². The first-order valence-corrected chi connectivity index (χ1v) is 17.3. The predicted molar refractivity (Wildman–Crippen MR) is 191 cm³/mol. The Morgan fingerprint density at radius 1 is 0.262 bits per heavy atom. The Balaban J connectivity index is 1.07. The van der Waals surface area contributed by atoms with Gasteiger partial charge in [-0.2, -0.15) is 0 Å². The van der Waals surface area contributed by atoms with Gasteiger partial charge in [0.15, 0.2) is 0 Å². The Morgan fingerprint density at radius 2 is 0.667 bits per heavy atom. The van der Waals surface area contributed by atoms with Crippen molar-refractivity contribution in [2.45, 2.75) is 0 Å². The van der Waals surface area contributed by atoms with Crippen LogP contribution in [-0.4, -0.2) is 0 Å². The average Bonchev–Trinajstić information content (AvgIpc) is 3.78. The SMILES string of the molecule is c1ccc2c(c1)sc1ccc(-c3ccc4c(c3)sc3c5ccc(-c6ccc7sc8ccccc8c7c6)cc5sc43)cc12. The van der Waals surface area contributed by atoms with Crippen LogP contribution >= 0.6 is 45.3 Å². The van der Waals surface area contributed by atoms with Gasteiger partial charge in [0.2, 0.25) is 0 Å². The van der Waals surface area contributed by atoms with Crippen LogP contribution in [0, 0.1) is 0 Å². The number of thiophene rings is 4. The van der Waals surface area contributed by atoms with E-state index in [4.69, 9.17) is 0 Å². The van der Waals surface area contributed by atoms with Crippen molar-refractivity contribution in [3.63, 3.8) is 0 Å². The van der Waals surface area contributed by atoms with Crippen molar-refractivity contribution >= 4 is 115 Å².